The van der Waals surface area contributed by atoms with E-state index in [1.807, 2.05) is 21.9 Å². The molecule has 38 heavy (non-hydrogen) atoms. The van der Waals surface area contributed by atoms with Crippen LogP contribution in [0.1, 0.15) is 66.2 Å². The second kappa shape index (κ2) is 13.4. The largest absolute Gasteiger partial charge is 0.361 e. The monoisotopic (exact) mass is 516 g/mol. The van der Waals surface area contributed by atoms with Crippen molar-refractivity contribution in [2.45, 2.75) is 66.2 Å². The molecule has 0 aromatic heterocycles. The third-order valence-electron chi connectivity index (χ3n) is 6.79. The zero-order valence-corrected chi connectivity index (χ0v) is 22.8. The van der Waals surface area contributed by atoms with Gasteiger partial charge >= 0.3 is 0 Å². The van der Waals surface area contributed by atoms with Crippen molar-refractivity contribution >= 4 is 24.5 Å². The molecular weight excluding hydrogens is 480 g/mol. The lowest BCUT2D eigenvalue weighted by Crippen LogP contribution is -2.33. The number of amides is 2. The van der Waals surface area contributed by atoms with Gasteiger partial charge in [0.1, 0.15) is 36.0 Å². The van der Waals surface area contributed by atoms with Gasteiger partial charge in [-0.3, -0.25) is 9.59 Å². The molecule has 0 saturated carbocycles. The molecule has 2 amide bonds. The SMILES string of the molecule is C/C1=C\C(C)=C(/C#N)C(=O)N(/N=C/N2CCCCC2)/C(C)=C/C(C)=C(\C#N)C(=O)N1/N=C/N1CCCCC1. The van der Waals surface area contributed by atoms with Crippen LogP contribution in [0.2, 0.25) is 0 Å². The van der Waals surface area contributed by atoms with E-state index in [0.717, 1.165) is 74.7 Å². The van der Waals surface area contributed by atoms with Crippen LogP contribution in [-0.2, 0) is 9.59 Å². The number of nitrogens with zero attached hydrogens (tertiary/aromatic N) is 8. The molecule has 0 N–H and O–H groups in total. The van der Waals surface area contributed by atoms with Crippen LogP contribution < -0.4 is 0 Å². The minimum absolute atomic E-state index is 0.0944. The van der Waals surface area contributed by atoms with Gasteiger partial charge in [-0.15, -0.1) is 0 Å². The highest BCUT2D eigenvalue weighted by atomic mass is 16.2. The van der Waals surface area contributed by atoms with Crippen molar-refractivity contribution in [1.82, 2.24) is 19.8 Å². The molecule has 0 aromatic rings. The van der Waals surface area contributed by atoms with E-state index in [1.165, 1.54) is 0 Å². The maximum Gasteiger partial charge on any atom is 0.289 e. The number of hydrogen-bond donors (Lipinski definition) is 0. The quantitative estimate of drug-likeness (QED) is 0.411. The Bertz CT molecular complexity index is 1100. The molecule has 10 heteroatoms. The number of likely N-dealkylation sites (tertiary alicyclic amines) is 2. The molecule has 0 radical (unpaired) electrons. The maximum absolute atomic E-state index is 13.6. The van der Waals surface area contributed by atoms with Crippen LogP contribution in [-0.4, -0.2) is 70.5 Å². The summed E-state index contributed by atoms with van der Waals surface area (Å²) in [6.45, 7) is 9.98. The van der Waals surface area contributed by atoms with Crippen molar-refractivity contribution in [3.63, 3.8) is 0 Å². The van der Waals surface area contributed by atoms with E-state index in [0.29, 0.717) is 22.5 Å². The molecule has 3 aliphatic rings. The van der Waals surface area contributed by atoms with Crippen molar-refractivity contribution < 1.29 is 9.59 Å². The fourth-order valence-electron chi connectivity index (χ4n) is 4.64. The predicted molar refractivity (Wildman–Crippen MR) is 146 cm³/mol. The van der Waals surface area contributed by atoms with E-state index >= 15 is 0 Å². The van der Waals surface area contributed by atoms with Crippen molar-refractivity contribution in [1.29, 1.82) is 10.5 Å². The van der Waals surface area contributed by atoms with Crippen LogP contribution in [0.4, 0.5) is 0 Å². The smallest absolute Gasteiger partial charge is 0.289 e. The summed E-state index contributed by atoms with van der Waals surface area (Å²) in [6.07, 6.45) is 12.9. The van der Waals surface area contributed by atoms with E-state index in [-0.39, 0.29) is 11.1 Å². The third-order valence-corrected chi connectivity index (χ3v) is 6.79. The number of nitriles is 2. The fraction of sp³-hybridized carbons (Fsp3) is 0.500. The van der Waals surface area contributed by atoms with E-state index in [9.17, 15) is 20.1 Å². The third kappa shape index (κ3) is 6.98. The lowest BCUT2D eigenvalue weighted by Gasteiger charge is -2.26. The number of hydrogen-bond acceptors (Lipinski definition) is 6. The molecule has 2 saturated heterocycles. The Morgan fingerprint density at radius 2 is 1.00 bits per heavy atom. The van der Waals surface area contributed by atoms with Crippen molar-refractivity contribution in [2.75, 3.05) is 26.2 Å². The molecule has 0 unspecified atom stereocenters. The second-order valence-electron chi connectivity index (χ2n) is 9.80. The Morgan fingerprint density at radius 3 is 1.32 bits per heavy atom. The van der Waals surface area contributed by atoms with Crippen molar-refractivity contribution in [3.8, 4) is 12.1 Å². The number of carbonyl (C=O) groups is 2. The van der Waals surface area contributed by atoms with Crippen LogP contribution in [0.3, 0.4) is 0 Å². The summed E-state index contributed by atoms with van der Waals surface area (Å²) in [5, 5.41) is 31.0. The van der Waals surface area contributed by atoms with Crippen LogP contribution in [0.5, 0.6) is 0 Å². The number of rotatable bonds is 4. The van der Waals surface area contributed by atoms with Gasteiger partial charge in [0.05, 0.1) is 0 Å². The summed E-state index contributed by atoms with van der Waals surface area (Å²) in [6, 6.07) is 4.04. The van der Waals surface area contributed by atoms with Gasteiger partial charge in [0.25, 0.3) is 11.8 Å². The van der Waals surface area contributed by atoms with E-state index in [1.54, 1.807) is 52.5 Å². The zero-order chi connectivity index (χ0) is 27.7. The maximum atomic E-state index is 13.6. The van der Waals surface area contributed by atoms with Crippen LogP contribution in [0.25, 0.3) is 0 Å². The topological polar surface area (TPSA) is 119 Å². The van der Waals surface area contributed by atoms with Gasteiger partial charge in [-0.2, -0.15) is 30.7 Å². The van der Waals surface area contributed by atoms with Crippen molar-refractivity contribution in [2.24, 2.45) is 10.2 Å². The predicted octanol–water partition coefficient (Wildman–Crippen LogP) is 4.00. The first-order valence-electron chi connectivity index (χ1n) is 13.1. The number of carbonyl (C=O) groups excluding carboxylic acids is 2. The Kier molecular flexibility index (Phi) is 10.0. The average molecular weight is 517 g/mol. The molecule has 0 spiro atoms. The summed E-state index contributed by atoms with van der Waals surface area (Å²) >= 11 is 0. The number of piperidine rings is 2. The first kappa shape index (κ1) is 28.4. The Labute approximate surface area is 225 Å². The molecule has 0 aliphatic carbocycles. The lowest BCUT2D eigenvalue weighted by molar-refractivity contribution is -0.125. The highest BCUT2D eigenvalue weighted by molar-refractivity contribution is 6.01. The molecule has 3 rings (SSSR count). The standard InChI is InChI=1S/C28H36N8O2/c1-21-15-23(3)35(31-19-33-11-7-5-8-12-33)28(38)26(18-30)22(2)16-24(4)36(27(37)25(21)17-29)32-20-34-13-9-6-10-14-34/h15-16,19-20H,5-14H2,1-4H3/b23-15+,24-16+,25-21+,26-22+,31-19+,32-20+. The van der Waals surface area contributed by atoms with Gasteiger partial charge in [0, 0.05) is 37.6 Å². The molecule has 3 aliphatic heterocycles. The molecule has 2 fully saturated rings. The van der Waals surface area contributed by atoms with Gasteiger partial charge in [0.2, 0.25) is 0 Å². The van der Waals surface area contributed by atoms with Crippen LogP contribution in [0, 0.1) is 22.7 Å². The van der Waals surface area contributed by atoms with Gasteiger partial charge in [-0.1, -0.05) is 0 Å². The molecule has 10 nitrogen and oxygen atoms in total. The normalized spacial score (nSPS) is 27.4. The minimum atomic E-state index is -0.586. The molecule has 3 heterocycles. The second-order valence-corrected chi connectivity index (χ2v) is 9.80. The average Bonchev–Trinajstić information content (AvgIpc) is 2.90. The van der Waals surface area contributed by atoms with Gasteiger partial charge < -0.3 is 9.80 Å². The first-order valence-corrected chi connectivity index (χ1v) is 13.1. The molecule has 0 atom stereocenters. The van der Waals surface area contributed by atoms with E-state index in [4.69, 9.17) is 0 Å². The minimum Gasteiger partial charge on any atom is -0.361 e. The summed E-state index contributed by atoms with van der Waals surface area (Å²) in [5.74, 6) is -1.17. The Balaban J connectivity index is 2.11. The molecule has 0 bridgehead atoms. The molecule has 0 aromatic carbocycles. The van der Waals surface area contributed by atoms with Gasteiger partial charge in [-0.05, 0) is 89.5 Å². The van der Waals surface area contributed by atoms with Crippen LogP contribution in [0.15, 0.2) is 56.0 Å². The summed E-state index contributed by atoms with van der Waals surface area (Å²) in [7, 11) is 0. The lowest BCUT2D eigenvalue weighted by atomic mass is 10.1. The first-order chi connectivity index (χ1) is 18.3. The number of hydrazone groups is 2. The fourth-order valence-corrected chi connectivity index (χ4v) is 4.64. The zero-order valence-electron chi connectivity index (χ0n) is 22.8. The molecule has 200 valence electrons. The highest BCUT2D eigenvalue weighted by Gasteiger charge is 2.26. The van der Waals surface area contributed by atoms with Crippen molar-refractivity contribution in [3.05, 3.63) is 45.8 Å². The Hall–Kier alpha value is -4.18. The highest BCUT2D eigenvalue weighted by Crippen LogP contribution is 2.22. The summed E-state index contributed by atoms with van der Waals surface area (Å²) in [5.41, 5.74) is 1.31. The summed E-state index contributed by atoms with van der Waals surface area (Å²) < 4.78 is 0. The van der Waals surface area contributed by atoms with Crippen LogP contribution >= 0.6 is 0 Å². The van der Waals surface area contributed by atoms with E-state index < -0.39 is 11.8 Å². The number of allylic oxidation sites excluding steroid dienone is 6. The Morgan fingerprint density at radius 1 is 0.658 bits per heavy atom. The van der Waals surface area contributed by atoms with Gasteiger partial charge in [0.15, 0.2) is 0 Å². The van der Waals surface area contributed by atoms with Gasteiger partial charge in [-0.25, -0.2) is 0 Å². The molecular formula is C28H36N8O2. The summed E-state index contributed by atoms with van der Waals surface area (Å²) in [4.78, 5) is 31.2. The van der Waals surface area contributed by atoms with E-state index in [2.05, 4.69) is 10.2 Å².